The number of nitrogens with zero attached hydrogens (tertiary/aromatic N) is 5. The molecule has 0 bridgehead atoms. The van der Waals surface area contributed by atoms with E-state index in [1.807, 2.05) is 62.0 Å². The molecule has 10 heteroatoms. The topological polar surface area (TPSA) is 86.9 Å². The standard InChI is InChI=1S/C20H20N6O2.C2H6S.C2H4S/c1-12-16(24-26(18(12)21-2)14-8-6-5-7-9-14)13-10-15-17(20(27)28-4)23-25(3)19(15)22-11-13;2*1-2-3/h5-11,21H,1-4H3;3H,2H2,1H3;2-3H,1H2. The van der Waals surface area contributed by atoms with Gasteiger partial charge in [-0.25, -0.2) is 19.1 Å². The Morgan fingerprint density at radius 1 is 1.26 bits per heavy atom. The highest BCUT2D eigenvalue weighted by atomic mass is 32.1. The highest BCUT2D eigenvalue weighted by Gasteiger charge is 2.21. The molecule has 4 rings (SSSR count). The maximum Gasteiger partial charge on any atom is 0.359 e. The second-order valence-corrected chi connectivity index (χ2v) is 7.87. The second kappa shape index (κ2) is 12.9. The Morgan fingerprint density at radius 3 is 2.44 bits per heavy atom. The van der Waals surface area contributed by atoms with Crippen LogP contribution in [0.3, 0.4) is 0 Å². The zero-order valence-electron chi connectivity index (χ0n) is 20.0. The van der Waals surface area contributed by atoms with Crippen molar-refractivity contribution < 1.29 is 9.53 Å². The molecular formula is C24H30N6O2S2. The van der Waals surface area contributed by atoms with Crippen LogP contribution in [0.4, 0.5) is 5.82 Å². The van der Waals surface area contributed by atoms with Crippen molar-refractivity contribution in [3.8, 4) is 16.9 Å². The number of esters is 1. The van der Waals surface area contributed by atoms with Gasteiger partial charge in [-0.3, -0.25) is 0 Å². The fourth-order valence-corrected chi connectivity index (χ4v) is 3.34. The minimum atomic E-state index is -0.494. The molecule has 1 aromatic carbocycles. The van der Waals surface area contributed by atoms with Gasteiger partial charge in [0.2, 0.25) is 0 Å². The van der Waals surface area contributed by atoms with Crippen LogP contribution in [-0.4, -0.2) is 50.4 Å². The first-order chi connectivity index (χ1) is 16.4. The number of benzene rings is 1. The Bertz CT molecular complexity index is 1250. The van der Waals surface area contributed by atoms with E-state index in [1.54, 1.807) is 17.9 Å². The summed E-state index contributed by atoms with van der Waals surface area (Å²) in [7, 11) is 4.95. The van der Waals surface area contributed by atoms with Gasteiger partial charge in [-0.05, 0) is 36.3 Å². The van der Waals surface area contributed by atoms with Gasteiger partial charge in [0.15, 0.2) is 11.3 Å². The van der Waals surface area contributed by atoms with E-state index in [4.69, 9.17) is 9.84 Å². The molecule has 0 spiro atoms. The zero-order chi connectivity index (χ0) is 25.3. The van der Waals surface area contributed by atoms with Crippen LogP contribution in [0.1, 0.15) is 23.0 Å². The smallest absolute Gasteiger partial charge is 0.359 e. The molecule has 0 fully saturated rings. The highest BCUT2D eigenvalue weighted by Crippen LogP contribution is 2.31. The molecule has 0 radical (unpaired) electrons. The number of hydrogen-bond donors (Lipinski definition) is 3. The minimum Gasteiger partial charge on any atom is -0.464 e. The molecule has 0 atom stereocenters. The quantitative estimate of drug-likeness (QED) is 0.273. The number of ether oxygens (including phenoxy) is 1. The lowest BCUT2D eigenvalue weighted by Crippen LogP contribution is -2.03. The number of thiol groups is 2. The molecule has 180 valence electrons. The SMILES string of the molecule is C=CS.CCS.CNc1c(C)c(-c2cnc3c(c2)c(C(=O)OC)nn3C)nn1-c1ccccc1. The lowest BCUT2D eigenvalue weighted by molar-refractivity contribution is 0.0595. The lowest BCUT2D eigenvalue weighted by atomic mass is 10.1. The van der Waals surface area contributed by atoms with E-state index in [-0.39, 0.29) is 5.69 Å². The number of para-hydroxylation sites is 1. The van der Waals surface area contributed by atoms with Crippen molar-refractivity contribution in [2.75, 3.05) is 25.2 Å². The van der Waals surface area contributed by atoms with Crippen molar-refractivity contribution in [3.05, 3.63) is 65.8 Å². The van der Waals surface area contributed by atoms with Gasteiger partial charge in [0.05, 0.1) is 23.9 Å². The molecule has 0 aliphatic rings. The second-order valence-electron chi connectivity index (χ2n) is 6.88. The number of fused-ring (bicyclic) bond motifs is 1. The molecule has 3 aromatic heterocycles. The van der Waals surface area contributed by atoms with Crippen molar-refractivity contribution in [1.82, 2.24) is 24.5 Å². The summed E-state index contributed by atoms with van der Waals surface area (Å²) < 4.78 is 8.28. The van der Waals surface area contributed by atoms with Crippen LogP contribution >= 0.6 is 25.3 Å². The van der Waals surface area contributed by atoms with E-state index >= 15 is 0 Å². The number of pyridine rings is 1. The van der Waals surface area contributed by atoms with Crippen molar-refractivity contribution in [1.29, 1.82) is 0 Å². The first-order valence-electron chi connectivity index (χ1n) is 10.5. The number of carbonyl (C=O) groups is 1. The van der Waals surface area contributed by atoms with Crippen LogP contribution in [0.25, 0.3) is 28.0 Å². The third-order valence-corrected chi connectivity index (χ3v) is 4.69. The van der Waals surface area contributed by atoms with Crippen molar-refractivity contribution >= 4 is 48.1 Å². The van der Waals surface area contributed by atoms with Crippen LogP contribution in [0.15, 0.2) is 54.6 Å². The van der Waals surface area contributed by atoms with E-state index < -0.39 is 5.97 Å². The van der Waals surface area contributed by atoms with Gasteiger partial charge in [-0.1, -0.05) is 31.7 Å². The van der Waals surface area contributed by atoms with E-state index in [0.29, 0.717) is 11.0 Å². The monoisotopic (exact) mass is 498 g/mol. The summed E-state index contributed by atoms with van der Waals surface area (Å²) in [5.74, 6) is 1.34. The van der Waals surface area contributed by atoms with Gasteiger partial charge in [0.1, 0.15) is 5.82 Å². The molecule has 0 aliphatic heterocycles. The largest absolute Gasteiger partial charge is 0.464 e. The van der Waals surface area contributed by atoms with Crippen LogP contribution in [-0.2, 0) is 11.8 Å². The summed E-state index contributed by atoms with van der Waals surface area (Å²) in [4.78, 5) is 16.6. The van der Waals surface area contributed by atoms with E-state index in [0.717, 1.165) is 34.1 Å². The van der Waals surface area contributed by atoms with E-state index in [1.165, 1.54) is 12.5 Å². The molecular weight excluding hydrogens is 468 g/mol. The Hall–Kier alpha value is -3.24. The van der Waals surface area contributed by atoms with Gasteiger partial charge in [0, 0.05) is 31.4 Å². The molecule has 0 aliphatic carbocycles. The Balaban J connectivity index is 0.000000618. The molecule has 0 unspecified atom stereocenters. The first-order valence-corrected chi connectivity index (χ1v) is 11.6. The fraction of sp³-hybridized carbons (Fsp3) is 0.250. The maximum absolute atomic E-state index is 12.1. The van der Waals surface area contributed by atoms with Crippen molar-refractivity contribution in [2.45, 2.75) is 13.8 Å². The van der Waals surface area contributed by atoms with Crippen LogP contribution < -0.4 is 5.32 Å². The normalized spacial score (nSPS) is 9.97. The van der Waals surface area contributed by atoms with Crippen LogP contribution in [0, 0.1) is 6.92 Å². The number of aromatic nitrogens is 5. The zero-order valence-corrected chi connectivity index (χ0v) is 21.8. The summed E-state index contributed by atoms with van der Waals surface area (Å²) in [5.41, 5.74) is 4.36. The Morgan fingerprint density at radius 2 is 1.88 bits per heavy atom. The maximum atomic E-state index is 12.1. The summed E-state index contributed by atoms with van der Waals surface area (Å²) in [5, 5.41) is 14.3. The lowest BCUT2D eigenvalue weighted by Gasteiger charge is -2.06. The predicted molar refractivity (Wildman–Crippen MR) is 145 cm³/mol. The van der Waals surface area contributed by atoms with Gasteiger partial charge in [0.25, 0.3) is 0 Å². The number of carbonyl (C=O) groups excluding carboxylic acids is 1. The van der Waals surface area contributed by atoms with Gasteiger partial charge >= 0.3 is 5.97 Å². The molecule has 4 aromatic rings. The number of anilines is 1. The summed E-state index contributed by atoms with van der Waals surface area (Å²) in [6, 6.07) is 11.8. The predicted octanol–water partition coefficient (Wildman–Crippen LogP) is 4.95. The molecule has 3 heterocycles. The third-order valence-electron chi connectivity index (χ3n) is 4.69. The number of hydrogen-bond acceptors (Lipinski definition) is 8. The number of rotatable bonds is 4. The van der Waals surface area contributed by atoms with Gasteiger partial charge in [-0.15, -0.1) is 0 Å². The van der Waals surface area contributed by atoms with Crippen LogP contribution in [0.2, 0.25) is 0 Å². The number of methoxy groups -OCH3 is 1. The Labute approximate surface area is 210 Å². The molecule has 0 amide bonds. The fourth-order valence-electron chi connectivity index (χ4n) is 3.34. The average molecular weight is 499 g/mol. The third kappa shape index (κ3) is 5.81. The molecule has 0 saturated carbocycles. The van der Waals surface area contributed by atoms with Crippen molar-refractivity contribution in [2.24, 2.45) is 7.05 Å². The van der Waals surface area contributed by atoms with Crippen molar-refractivity contribution in [3.63, 3.8) is 0 Å². The van der Waals surface area contributed by atoms with E-state index in [9.17, 15) is 4.79 Å². The minimum absolute atomic E-state index is 0.239. The van der Waals surface area contributed by atoms with Gasteiger partial charge in [-0.2, -0.15) is 35.5 Å². The number of nitrogens with one attached hydrogen (secondary N) is 1. The molecule has 0 saturated heterocycles. The summed E-state index contributed by atoms with van der Waals surface area (Å²) in [6.07, 6.45) is 1.75. The Kier molecular flexibility index (Phi) is 10.2. The average Bonchev–Trinajstić information content (AvgIpc) is 3.36. The first kappa shape index (κ1) is 27.0. The molecule has 1 N–H and O–H groups in total. The number of aryl methyl sites for hydroxylation is 1. The molecule has 8 nitrogen and oxygen atoms in total. The van der Waals surface area contributed by atoms with E-state index in [2.05, 4.69) is 47.2 Å². The highest BCUT2D eigenvalue weighted by molar-refractivity contribution is 7.83. The van der Waals surface area contributed by atoms with Crippen LogP contribution in [0.5, 0.6) is 0 Å². The summed E-state index contributed by atoms with van der Waals surface area (Å²) >= 11 is 7.34. The molecule has 34 heavy (non-hydrogen) atoms. The van der Waals surface area contributed by atoms with Gasteiger partial charge < -0.3 is 10.1 Å². The summed E-state index contributed by atoms with van der Waals surface area (Å²) in [6.45, 7) is 7.22.